The molecular weight excluding hydrogens is 158 g/mol. The Kier molecular flexibility index (Phi) is 4.51. The van der Waals surface area contributed by atoms with Crippen molar-refractivity contribution >= 4 is 11.8 Å². The number of hydrogen-bond donors (Lipinski definition) is 1. The zero-order chi connectivity index (χ0) is 9.72. The summed E-state index contributed by atoms with van der Waals surface area (Å²) in [5.41, 5.74) is 5.45. The molecule has 12 heavy (non-hydrogen) atoms. The number of ether oxygens (including phenoxy) is 1. The molecule has 0 aliphatic rings. The van der Waals surface area contributed by atoms with E-state index in [1.165, 1.54) is 6.92 Å². The zero-order valence-corrected chi connectivity index (χ0v) is 7.66. The Labute approximate surface area is 72.1 Å². The second kappa shape index (κ2) is 4.87. The molecule has 70 valence electrons. The molecule has 2 N–H and O–H groups in total. The van der Waals surface area contributed by atoms with E-state index in [0.717, 1.165) is 0 Å². The Morgan fingerprint density at radius 3 is 2.33 bits per heavy atom. The number of hydrogen-bond acceptors (Lipinski definition) is 4. The topological polar surface area (TPSA) is 69.4 Å². The standard InChI is InChI=1S/C8H15NO3/c1-4-12-8(11)7(9)5(2)6(3)10/h5,7H,4,9H2,1-3H3. The number of Topliss-reactive ketones (excluding diaryl/α,β-unsaturated/α-hetero) is 1. The summed E-state index contributed by atoms with van der Waals surface area (Å²) in [6.07, 6.45) is 0. The first kappa shape index (κ1) is 11.1. The third-order valence-corrected chi connectivity index (χ3v) is 1.74. The molecule has 0 amide bonds. The van der Waals surface area contributed by atoms with Crippen molar-refractivity contribution in [3.05, 3.63) is 0 Å². The lowest BCUT2D eigenvalue weighted by molar-refractivity contribution is -0.147. The molecular formula is C8H15NO3. The smallest absolute Gasteiger partial charge is 0.323 e. The summed E-state index contributed by atoms with van der Waals surface area (Å²) >= 11 is 0. The summed E-state index contributed by atoms with van der Waals surface area (Å²) in [6.45, 7) is 5.01. The van der Waals surface area contributed by atoms with Gasteiger partial charge in [-0.05, 0) is 13.8 Å². The van der Waals surface area contributed by atoms with Gasteiger partial charge in [0.1, 0.15) is 11.8 Å². The first-order chi connectivity index (χ1) is 5.50. The molecule has 0 aliphatic heterocycles. The maximum absolute atomic E-state index is 11.0. The largest absolute Gasteiger partial charge is 0.465 e. The normalized spacial score (nSPS) is 15.0. The van der Waals surface area contributed by atoms with Crippen LogP contribution in [0.25, 0.3) is 0 Å². The average Bonchev–Trinajstić information content (AvgIpc) is 2.02. The molecule has 0 aromatic rings. The maximum atomic E-state index is 11.0. The number of ketones is 1. The lowest BCUT2D eigenvalue weighted by atomic mass is 9.99. The first-order valence-electron chi connectivity index (χ1n) is 3.93. The lowest BCUT2D eigenvalue weighted by Gasteiger charge is -2.14. The predicted molar refractivity (Wildman–Crippen MR) is 44.5 cm³/mol. The highest BCUT2D eigenvalue weighted by molar-refractivity contribution is 5.86. The van der Waals surface area contributed by atoms with Gasteiger partial charge in [-0.1, -0.05) is 6.92 Å². The van der Waals surface area contributed by atoms with E-state index in [1.54, 1.807) is 13.8 Å². The summed E-state index contributed by atoms with van der Waals surface area (Å²) in [6, 6.07) is -0.831. The second-order valence-corrected chi connectivity index (χ2v) is 2.68. The van der Waals surface area contributed by atoms with Gasteiger partial charge in [-0.15, -0.1) is 0 Å². The van der Waals surface area contributed by atoms with E-state index >= 15 is 0 Å². The summed E-state index contributed by atoms with van der Waals surface area (Å²) in [5.74, 6) is -1.08. The molecule has 0 heterocycles. The molecule has 0 aliphatic carbocycles. The van der Waals surface area contributed by atoms with Crippen molar-refractivity contribution in [2.24, 2.45) is 11.7 Å². The molecule has 0 rings (SSSR count). The zero-order valence-electron chi connectivity index (χ0n) is 7.66. The van der Waals surface area contributed by atoms with Crippen LogP contribution >= 0.6 is 0 Å². The van der Waals surface area contributed by atoms with Crippen LogP contribution in [0.4, 0.5) is 0 Å². The van der Waals surface area contributed by atoms with Gasteiger partial charge in [-0.3, -0.25) is 9.59 Å². The van der Waals surface area contributed by atoms with Gasteiger partial charge in [-0.25, -0.2) is 0 Å². The van der Waals surface area contributed by atoms with Gasteiger partial charge >= 0.3 is 5.97 Å². The van der Waals surface area contributed by atoms with Crippen LogP contribution in [0.1, 0.15) is 20.8 Å². The van der Waals surface area contributed by atoms with E-state index < -0.39 is 17.9 Å². The van der Waals surface area contributed by atoms with Crippen LogP contribution in [0.15, 0.2) is 0 Å². The molecule has 0 saturated carbocycles. The number of carbonyl (C=O) groups excluding carboxylic acids is 2. The van der Waals surface area contributed by atoms with Crippen molar-refractivity contribution in [2.45, 2.75) is 26.8 Å². The molecule has 4 heteroatoms. The van der Waals surface area contributed by atoms with Crippen molar-refractivity contribution in [1.82, 2.24) is 0 Å². The molecule has 0 fully saturated rings. The maximum Gasteiger partial charge on any atom is 0.323 e. The van der Waals surface area contributed by atoms with E-state index in [4.69, 9.17) is 5.73 Å². The van der Waals surface area contributed by atoms with Crippen LogP contribution in [-0.2, 0) is 14.3 Å². The molecule has 2 unspecified atom stereocenters. The molecule has 0 aromatic heterocycles. The number of carbonyl (C=O) groups is 2. The first-order valence-corrected chi connectivity index (χ1v) is 3.93. The molecule has 0 radical (unpaired) electrons. The molecule has 0 aromatic carbocycles. The lowest BCUT2D eigenvalue weighted by Crippen LogP contribution is -2.41. The SMILES string of the molecule is CCOC(=O)C(N)C(C)C(C)=O. The Morgan fingerprint density at radius 2 is 2.00 bits per heavy atom. The number of rotatable bonds is 4. The monoisotopic (exact) mass is 173 g/mol. The minimum absolute atomic E-state index is 0.101. The van der Waals surface area contributed by atoms with Crippen molar-refractivity contribution in [1.29, 1.82) is 0 Å². The Bertz CT molecular complexity index is 179. The van der Waals surface area contributed by atoms with E-state index in [9.17, 15) is 9.59 Å². The van der Waals surface area contributed by atoms with Crippen LogP contribution in [0.5, 0.6) is 0 Å². The summed E-state index contributed by atoms with van der Waals surface area (Å²) in [4.78, 5) is 21.8. The fourth-order valence-corrected chi connectivity index (χ4v) is 0.695. The number of esters is 1. The van der Waals surface area contributed by atoms with Crippen molar-refractivity contribution in [3.63, 3.8) is 0 Å². The van der Waals surface area contributed by atoms with E-state index in [0.29, 0.717) is 0 Å². The van der Waals surface area contributed by atoms with Gasteiger partial charge < -0.3 is 10.5 Å². The average molecular weight is 173 g/mol. The van der Waals surface area contributed by atoms with Gasteiger partial charge in [0.15, 0.2) is 0 Å². The highest BCUT2D eigenvalue weighted by Crippen LogP contribution is 2.03. The van der Waals surface area contributed by atoms with Crippen molar-refractivity contribution in [3.8, 4) is 0 Å². The van der Waals surface area contributed by atoms with Gasteiger partial charge in [-0.2, -0.15) is 0 Å². The number of nitrogens with two attached hydrogens (primary N) is 1. The molecule has 0 bridgehead atoms. The Morgan fingerprint density at radius 1 is 1.50 bits per heavy atom. The molecule has 2 atom stereocenters. The van der Waals surface area contributed by atoms with Gasteiger partial charge in [0, 0.05) is 5.92 Å². The minimum Gasteiger partial charge on any atom is -0.465 e. The fraction of sp³-hybridized carbons (Fsp3) is 0.750. The van der Waals surface area contributed by atoms with E-state index in [-0.39, 0.29) is 12.4 Å². The van der Waals surface area contributed by atoms with Gasteiger partial charge in [0.2, 0.25) is 0 Å². The Hall–Kier alpha value is -0.900. The fourth-order valence-electron chi connectivity index (χ4n) is 0.695. The van der Waals surface area contributed by atoms with E-state index in [1.807, 2.05) is 0 Å². The summed E-state index contributed by atoms with van der Waals surface area (Å²) in [5, 5.41) is 0. The molecule has 0 saturated heterocycles. The highest BCUT2D eigenvalue weighted by atomic mass is 16.5. The highest BCUT2D eigenvalue weighted by Gasteiger charge is 2.24. The van der Waals surface area contributed by atoms with Gasteiger partial charge in [0.05, 0.1) is 6.61 Å². The third-order valence-electron chi connectivity index (χ3n) is 1.74. The summed E-state index contributed by atoms with van der Waals surface area (Å²) < 4.78 is 4.66. The molecule has 0 spiro atoms. The van der Waals surface area contributed by atoms with Crippen LogP contribution in [0, 0.1) is 5.92 Å². The quantitative estimate of drug-likeness (QED) is 0.612. The van der Waals surface area contributed by atoms with Crippen molar-refractivity contribution in [2.75, 3.05) is 6.61 Å². The van der Waals surface area contributed by atoms with Crippen LogP contribution in [0.3, 0.4) is 0 Å². The third kappa shape index (κ3) is 3.00. The van der Waals surface area contributed by atoms with Crippen LogP contribution < -0.4 is 5.73 Å². The predicted octanol–water partition coefficient (Wildman–Crippen LogP) is 0.102. The van der Waals surface area contributed by atoms with Crippen LogP contribution in [-0.4, -0.2) is 24.4 Å². The van der Waals surface area contributed by atoms with Crippen molar-refractivity contribution < 1.29 is 14.3 Å². The second-order valence-electron chi connectivity index (χ2n) is 2.68. The van der Waals surface area contributed by atoms with Crippen LogP contribution in [0.2, 0.25) is 0 Å². The summed E-state index contributed by atoms with van der Waals surface area (Å²) in [7, 11) is 0. The van der Waals surface area contributed by atoms with Gasteiger partial charge in [0.25, 0.3) is 0 Å². The molecule has 4 nitrogen and oxygen atoms in total. The Balaban J connectivity index is 4.09. The minimum atomic E-state index is -0.831. The van der Waals surface area contributed by atoms with E-state index in [2.05, 4.69) is 4.74 Å².